The van der Waals surface area contributed by atoms with Crippen molar-refractivity contribution in [1.82, 2.24) is 0 Å². The van der Waals surface area contributed by atoms with Gasteiger partial charge in [-0.15, -0.1) is 0 Å². The number of rotatable bonds is 1. The SMILES string of the molecule is [O]Cc1ccc2c(c1)CCc1c-2ccc2c1=CCCC=2. The maximum atomic E-state index is 11.0. The van der Waals surface area contributed by atoms with Crippen molar-refractivity contribution < 1.29 is 5.11 Å². The Labute approximate surface area is 118 Å². The standard InChI is InChI=1S/C19H17O/c20-12-13-5-8-17-15(11-13)7-10-18-16-4-2-1-3-14(16)6-9-19(17)18/h3-6,8-9,11H,1-2,7,10,12H2. The minimum atomic E-state index is -0.118. The second kappa shape index (κ2) is 4.60. The Morgan fingerprint density at radius 3 is 2.65 bits per heavy atom. The maximum absolute atomic E-state index is 11.0. The van der Waals surface area contributed by atoms with Crippen molar-refractivity contribution in [3.8, 4) is 11.1 Å². The van der Waals surface area contributed by atoms with Crippen LogP contribution in [0.2, 0.25) is 0 Å². The Morgan fingerprint density at radius 1 is 0.900 bits per heavy atom. The van der Waals surface area contributed by atoms with E-state index in [2.05, 4.69) is 36.4 Å². The van der Waals surface area contributed by atoms with Gasteiger partial charge in [-0.1, -0.05) is 42.5 Å². The van der Waals surface area contributed by atoms with Gasteiger partial charge in [-0.2, -0.15) is 0 Å². The fraction of sp³-hybridized carbons (Fsp3) is 0.263. The van der Waals surface area contributed by atoms with E-state index in [0.717, 1.165) is 31.2 Å². The Hall–Kier alpha value is -1.86. The van der Waals surface area contributed by atoms with E-state index >= 15 is 0 Å². The highest BCUT2D eigenvalue weighted by molar-refractivity contribution is 5.74. The molecule has 0 spiro atoms. The van der Waals surface area contributed by atoms with Crippen molar-refractivity contribution in [3.05, 3.63) is 57.5 Å². The summed E-state index contributed by atoms with van der Waals surface area (Å²) in [7, 11) is 0. The molecule has 0 fully saturated rings. The molecule has 0 aliphatic heterocycles. The molecule has 2 aliphatic rings. The first-order valence-corrected chi connectivity index (χ1v) is 7.39. The highest BCUT2D eigenvalue weighted by Gasteiger charge is 2.17. The smallest absolute Gasteiger partial charge is 0.107 e. The molecule has 1 nitrogen and oxygen atoms in total. The summed E-state index contributed by atoms with van der Waals surface area (Å²) in [4.78, 5) is 0. The predicted molar refractivity (Wildman–Crippen MR) is 81.1 cm³/mol. The number of benzene rings is 2. The van der Waals surface area contributed by atoms with Gasteiger partial charge in [0, 0.05) is 0 Å². The highest BCUT2D eigenvalue weighted by atomic mass is 16.3. The normalized spacial score (nSPS) is 15.4. The molecule has 2 aromatic carbocycles. The summed E-state index contributed by atoms with van der Waals surface area (Å²) in [6, 6.07) is 10.7. The third-order valence-electron chi connectivity index (χ3n) is 4.54. The van der Waals surface area contributed by atoms with Gasteiger partial charge in [0.15, 0.2) is 0 Å². The van der Waals surface area contributed by atoms with Crippen LogP contribution in [0.3, 0.4) is 0 Å². The van der Waals surface area contributed by atoms with Gasteiger partial charge >= 0.3 is 0 Å². The lowest BCUT2D eigenvalue weighted by molar-refractivity contribution is 0.177. The van der Waals surface area contributed by atoms with Crippen molar-refractivity contribution in [2.45, 2.75) is 32.3 Å². The highest BCUT2D eigenvalue weighted by Crippen LogP contribution is 2.32. The monoisotopic (exact) mass is 261 g/mol. The molecule has 0 bridgehead atoms. The van der Waals surface area contributed by atoms with Gasteiger partial charge in [-0.05, 0) is 63.9 Å². The number of fused-ring (bicyclic) bond motifs is 5. The van der Waals surface area contributed by atoms with E-state index in [0.29, 0.717) is 0 Å². The first-order chi connectivity index (χ1) is 9.86. The lowest BCUT2D eigenvalue weighted by Gasteiger charge is -2.22. The molecule has 0 heterocycles. The fourth-order valence-corrected chi connectivity index (χ4v) is 3.56. The van der Waals surface area contributed by atoms with E-state index in [1.54, 1.807) is 0 Å². The van der Waals surface area contributed by atoms with Gasteiger partial charge in [0.25, 0.3) is 0 Å². The minimum absolute atomic E-state index is 0.118. The summed E-state index contributed by atoms with van der Waals surface area (Å²) in [6.45, 7) is -0.118. The van der Waals surface area contributed by atoms with E-state index in [9.17, 15) is 5.11 Å². The minimum Gasteiger partial charge on any atom is -0.232 e. The molecular formula is C19H17O. The third-order valence-corrected chi connectivity index (χ3v) is 4.54. The van der Waals surface area contributed by atoms with Gasteiger partial charge < -0.3 is 0 Å². The van der Waals surface area contributed by atoms with Crippen LogP contribution in [0.25, 0.3) is 23.3 Å². The fourth-order valence-electron chi connectivity index (χ4n) is 3.56. The zero-order chi connectivity index (χ0) is 13.5. The first kappa shape index (κ1) is 11.9. The summed E-state index contributed by atoms with van der Waals surface area (Å²) in [5.74, 6) is 0. The van der Waals surface area contributed by atoms with Crippen LogP contribution < -0.4 is 10.4 Å². The molecule has 0 N–H and O–H groups in total. The van der Waals surface area contributed by atoms with E-state index in [-0.39, 0.29) is 6.61 Å². The molecule has 2 aliphatic carbocycles. The van der Waals surface area contributed by atoms with Gasteiger partial charge in [-0.25, -0.2) is 5.11 Å². The molecule has 0 unspecified atom stereocenters. The van der Waals surface area contributed by atoms with Gasteiger partial charge in [0.1, 0.15) is 6.61 Å². The van der Waals surface area contributed by atoms with Crippen LogP contribution >= 0.6 is 0 Å². The molecule has 4 rings (SSSR count). The van der Waals surface area contributed by atoms with E-state index in [1.165, 1.54) is 32.7 Å². The third kappa shape index (κ3) is 1.74. The quantitative estimate of drug-likeness (QED) is 0.752. The van der Waals surface area contributed by atoms with Crippen LogP contribution in [0.1, 0.15) is 29.5 Å². The summed E-state index contributed by atoms with van der Waals surface area (Å²) >= 11 is 0. The van der Waals surface area contributed by atoms with Crippen LogP contribution in [0, 0.1) is 0 Å². The Bertz CT molecular complexity index is 799. The summed E-state index contributed by atoms with van der Waals surface area (Å²) in [5, 5.41) is 13.9. The first-order valence-electron chi connectivity index (χ1n) is 7.39. The molecule has 1 heteroatoms. The second-order valence-electron chi connectivity index (χ2n) is 5.72. The number of aryl methyl sites for hydroxylation is 1. The van der Waals surface area contributed by atoms with Crippen LogP contribution in [-0.2, 0) is 24.6 Å². The molecule has 99 valence electrons. The van der Waals surface area contributed by atoms with Crippen LogP contribution in [0.5, 0.6) is 0 Å². The van der Waals surface area contributed by atoms with E-state index in [4.69, 9.17) is 0 Å². The van der Waals surface area contributed by atoms with Crippen molar-refractivity contribution in [3.63, 3.8) is 0 Å². The Balaban J connectivity index is 1.98. The molecule has 0 aromatic heterocycles. The molecule has 2 aromatic rings. The molecule has 0 saturated carbocycles. The molecule has 20 heavy (non-hydrogen) atoms. The van der Waals surface area contributed by atoms with Crippen molar-refractivity contribution in [1.29, 1.82) is 0 Å². The molecule has 0 atom stereocenters. The van der Waals surface area contributed by atoms with Gasteiger partial charge in [0.05, 0.1) is 0 Å². The molecule has 1 radical (unpaired) electrons. The largest absolute Gasteiger partial charge is 0.232 e. The van der Waals surface area contributed by atoms with Gasteiger partial charge in [-0.3, -0.25) is 0 Å². The predicted octanol–water partition coefficient (Wildman–Crippen LogP) is 2.74. The van der Waals surface area contributed by atoms with Crippen LogP contribution in [-0.4, -0.2) is 0 Å². The zero-order valence-electron chi connectivity index (χ0n) is 11.5. The van der Waals surface area contributed by atoms with Crippen molar-refractivity contribution in [2.75, 3.05) is 0 Å². The molecular weight excluding hydrogens is 244 g/mol. The van der Waals surface area contributed by atoms with Crippen LogP contribution in [0.15, 0.2) is 30.3 Å². The Morgan fingerprint density at radius 2 is 1.75 bits per heavy atom. The maximum Gasteiger partial charge on any atom is 0.107 e. The number of hydrogen-bond donors (Lipinski definition) is 0. The molecule has 0 amide bonds. The van der Waals surface area contributed by atoms with E-state index in [1.807, 2.05) is 6.07 Å². The lowest BCUT2D eigenvalue weighted by atomic mass is 9.83. The number of hydrogen-bond acceptors (Lipinski definition) is 0. The van der Waals surface area contributed by atoms with Crippen molar-refractivity contribution in [2.24, 2.45) is 0 Å². The summed E-state index contributed by atoms with van der Waals surface area (Å²) in [5.41, 5.74) is 6.44. The molecule has 0 saturated heterocycles. The van der Waals surface area contributed by atoms with E-state index < -0.39 is 0 Å². The summed E-state index contributed by atoms with van der Waals surface area (Å²) in [6.07, 6.45) is 9.22. The average Bonchev–Trinajstić information content (AvgIpc) is 2.53. The topological polar surface area (TPSA) is 19.9 Å². The average molecular weight is 261 g/mol. The van der Waals surface area contributed by atoms with Crippen LogP contribution in [0.4, 0.5) is 0 Å². The lowest BCUT2D eigenvalue weighted by Crippen LogP contribution is -2.32. The van der Waals surface area contributed by atoms with Gasteiger partial charge in [0.2, 0.25) is 0 Å². The second-order valence-corrected chi connectivity index (χ2v) is 5.72. The van der Waals surface area contributed by atoms with Crippen molar-refractivity contribution >= 4 is 12.2 Å². The Kier molecular flexibility index (Phi) is 2.75. The zero-order valence-corrected chi connectivity index (χ0v) is 11.5. The summed E-state index contributed by atoms with van der Waals surface area (Å²) < 4.78 is 0.